The van der Waals surface area contributed by atoms with Crippen LogP contribution in [0.4, 0.5) is 15.6 Å². The summed E-state index contributed by atoms with van der Waals surface area (Å²) in [7, 11) is 1.60. The highest BCUT2D eigenvalue weighted by Crippen LogP contribution is 2.30. The Morgan fingerprint density at radius 2 is 2.09 bits per heavy atom. The van der Waals surface area contributed by atoms with E-state index in [2.05, 4.69) is 31.5 Å². The van der Waals surface area contributed by atoms with Gasteiger partial charge in [-0.3, -0.25) is 5.32 Å². The van der Waals surface area contributed by atoms with E-state index in [1.165, 1.54) is 17.4 Å². The lowest BCUT2D eigenvalue weighted by Gasteiger charge is -2.06. The number of amides is 2. The molecule has 0 fully saturated rings. The minimum atomic E-state index is -0.409. The number of urea groups is 1. The van der Waals surface area contributed by atoms with E-state index in [-0.39, 0.29) is 5.75 Å². The lowest BCUT2D eigenvalue weighted by atomic mass is 10.3. The number of hydrogen-bond acceptors (Lipinski definition) is 5. The topological polar surface area (TPSA) is 83.5 Å². The van der Waals surface area contributed by atoms with Crippen LogP contribution < -0.4 is 15.4 Å². The number of carbonyl (C=O) groups is 1. The van der Waals surface area contributed by atoms with Crippen molar-refractivity contribution < 1.29 is 14.6 Å². The first-order valence-electron chi connectivity index (χ1n) is 6.56. The minimum Gasteiger partial charge on any atom is -0.507 e. The van der Waals surface area contributed by atoms with Gasteiger partial charge in [0.25, 0.3) is 0 Å². The third-order valence-electron chi connectivity index (χ3n) is 3.02. The fourth-order valence-corrected chi connectivity index (χ4v) is 3.20. The quantitative estimate of drug-likeness (QED) is 0.575. The molecule has 8 heteroatoms. The average molecular weight is 394 g/mol. The number of ether oxygens (including phenoxy) is 1. The van der Waals surface area contributed by atoms with Gasteiger partial charge in [-0.2, -0.15) is 0 Å². The highest BCUT2D eigenvalue weighted by molar-refractivity contribution is 9.10. The minimum absolute atomic E-state index is 0.107. The summed E-state index contributed by atoms with van der Waals surface area (Å²) in [6.07, 6.45) is 0. The molecule has 0 aliphatic carbocycles. The molecule has 0 saturated carbocycles. The molecule has 2 amide bonds. The van der Waals surface area contributed by atoms with Gasteiger partial charge < -0.3 is 15.2 Å². The SMILES string of the molecule is COc1ccc2nc(NC(=O)Nc3ccc(O)c(Br)c3)sc2c1. The van der Waals surface area contributed by atoms with Crippen molar-refractivity contribution in [2.24, 2.45) is 0 Å². The summed E-state index contributed by atoms with van der Waals surface area (Å²) in [5.74, 6) is 0.849. The van der Waals surface area contributed by atoms with Crippen LogP contribution >= 0.6 is 27.3 Å². The maximum atomic E-state index is 12.0. The molecule has 118 valence electrons. The molecule has 0 spiro atoms. The monoisotopic (exact) mass is 393 g/mol. The first-order valence-corrected chi connectivity index (χ1v) is 8.17. The Kier molecular flexibility index (Phi) is 4.35. The maximum absolute atomic E-state index is 12.0. The number of aromatic nitrogens is 1. The molecule has 0 aliphatic rings. The molecule has 0 radical (unpaired) electrons. The van der Waals surface area contributed by atoms with E-state index in [1.54, 1.807) is 19.2 Å². The Hall–Kier alpha value is -2.32. The standard InChI is InChI=1S/C15H12BrN3O3S/c1-22-9-3-4-11-13(7-9)23-15(18-11)19-14(21)17-8-2-5-12(20)10(16)6-8/h2-7,20H,1H3,(H2,17,18,19,21). The summed E-state index contributed by atoms with van der Waals surface area (Å²) >= 11 is 4.55. The predicted octanol–water partition coefficient (Wildman–Crippen LogP) is 4.42. The number of nitrogens with one attached hydrogen (secondary N) is 2. The van der Waals surface area contributed by atoms with E-state index in [1.807, 2.05) is 18.2 Å². The van der Waals surface area contributed by atoms with E-state index in [4.69, 9.17) is 4.74 Å². The van der Waals surface area contributed by atoms with Crippen molar-refractivity contribution in [2.45, 2.75) is 0 Å². The highest BCUT2D eigenvalue weighted by Gasteiger charge is 2.09. The number of anilines is 2. The Balaban J connectivity index is 1.73. The van der Waals surface area contributed by atoms with Crippen molar-refractivity contribution in [3.05, 3.63) is 40.9 Å². The van der Waals surface area contributed by atoms with E-state index >= 15 is 0 Å². The van der Waals surface area contributed by atoms with Crippen LogP contribution in [-0.4, -0.2) is 23.2 Å². The first-order chi connectivity index (χ1) is 11.0. The summed E-state index contributed by atoms with van der Waals surface area (Å²) in [4.78, 5) is 16.4. The molecular formula is C15H12BrN3O3S. The molecule has 1 heterocycles. The zero-order chi connectivity index (χ0) is 16.4. The number of hydrogen-bond donors (Lipinski definition) is 3. The Labute approximate surface area is 144 Å². The summed E-state index contributed by atoms with van der Waals surface area (Å²) in [5, 5.41) is 15.3. The summed E-state index contributed by atoms with van der Waals surface area (Å²) in [6.45, 7) is 0. The zero-order valence-corrected chi connectivity index (χ0v) is 14.4. The molecule has 1 aromatic heterocycles. The summed E-state index contributed by atoms with van der Waals surface area (Å²) in [5.41, 5.74) is 1.34. The molecule has 3 aromatic rings. The van der Waals surface area contributed by atoms with Crippen molar-refractivity contribution in [2.75, 3.05) is 17.7 Å². The Morgan fingerprint density at radius 3 is 2.83 bits per heavy atom. The number of methoxy groups -OCH3 is 1. The second-order valence-corrected chi connectivity index (χ2v) is 6.48. The molecular weight excluding hydrogens is 382 g/mol. The molecule has 6 nitrogen and oxygen atoms in total. The maximum Gasteiger partial charge on any atom is 0.325 e. The molecule has 0 saturated heterocycles. The fourth-order valence-electron chi connectivity index (χ4n) is 1.93. The Morgan fingerprint density at radius 1 is 1.26 bits per heavy atom. The molecule has 0 bridgehead atoms. The second kappa shape index (κ2) is 6.43. The number of benzene rings is 2. The molecule has 0 unspecified atom stereocenters. The van der Waals surface area contributed by atoms with Gasteiger partial charge in [0.1, 0.15) is 11.5 Å². The fraction of sp³-hybridized carbons (Fsp3) is 0.0667. The molecule has 0 atom stereocenters. The molecule has 23 heavy (non-hydrogen) atoms. The number of halogens is 1. The van der Waals surface area contributed by atoms with Crippen LogP contribution in [0, 0.1) is 0 Å². The number of phenols is 1. The van der Waals surface area contributed by atoms with Gasteiger partial charge in [0.2, 0.25) is 0 Å². The van der Waals surface area contributed by atoms with Crippen molar-refractivity contribution in [3.8, 4) is 11.5 Å². The molecule has 3 rings (SSSR count). The van der Waals surface area contributed by atoms with Gasteiger partial charge in [-0.05, 0) is 52.3 Å². The normalized spacial score (nSPS) is 10.5. The van der Waals surface area contributed by atoms with Gasteiger partial charge >= 0.3 is 6.03 Å². The molecule has 0 aliphatic heterocycles. The second-order valence-electron chi connectivity index (χ2n) is 4.60. The van der Waals surface area contributed by atoms with Crippen LogP contribution in [-0.2, 0) is 0 Å². The van der Waals surface area contributed by atoms with Crippen molar-refractivity contribution in [3.63, 3.8) is 0 Å². The third-order valence-corrected chi connectivity index (χ3v) is 4.59. The van der Waals surface area contributed by atoms with E-state index in [0.29, 0.717) is 15.3 Å². The lowest BCUT2D eigenvalue weighted by Crippen LogP contribution is -2.19. The van der Waals surface area contributed by atoms with Crippen LogP contribution in [0.2, 0.25) is 0 Å². The molecule has 2 aromatic carbocycles. The largest absolute Gasteiger partial charge is 0.507 e. The van der Waals surface area contributed by atoms with Gasteiger partial charge in [-0.15, -0.1) is 0 Å². The third kappa shape index (κ3) is 3.54. The zero-order valence-electron chi connectivity index (χ0n) is 12.0. The van der Waals surface area contributed by atoms with E-state index < -0.39 is 6.03 Å². The highest BCUT2D eigenvalue weighted by atomic mass is 79.9. The van der Waals surface area contributed by atoms with Crippen molar-refractivity contribution in [1.29, 1.82) is 0 Å². The number of nitrogens with zero attached hydrogens (tertiary/aromatic N) is 1. The average Bonchev–Trinajstić information content (AvgIpc) is 2.91. The van der Waals surface area contributed by atoms with Crippen LogP contribution in [0.5, 0.6) is 11.5 Å². The van der Waals surface area contributed by atoms with Gasteiger partial charge in [0, 0.05) is 5.69 Å². The lowest BCUT2D eigenvalue weighted by molar-refractivity contribution is 0.262. The van der Waals surface area contributed by atoms with Gasteiger partial charge in [0.05, 0.1) is 21.8 Å². The van der Waals surface area contributed by atoms with Gasteiger partial charge in [0.15, 0.2) is 5.13 Å². The van der Waals surface area contributed by atoms with Crippen LogP contribution in [0.25, 0.3) is 10.2 Å². The van der Waals surface area contributed by atoms with Crippen LogP contribution in [0.3, 0.4) is 0 Å². The number of fused-ring (bicyclic) bond motifs is 1. The van der Waals surface area contributed by atoms with Crippen LogP contribution in [0.15, 0.2) is 40.9 Å². The first kappa shape index (κ1) is 15.6. The van der Waals surface area contributed by atoms with E-state index in [9.17, 15) is 9.90 Å². The summed E-state index contributed by atoms with van der Waals surface area (Å²) < 4.78 is 6.59. The van der Waals surface area contributed by atoms with Gasteiger partial charge in [-0.1, -0.05) is 11.3 Å². The number of thiazole rings is 1. The van der Waals surface area contributed by atoms with Crippen molar-refractivity contribution in [1.82, 2.24) is 4.98 Å². The predicted molar refractivity (Wildman–Crippen MR) is 94.6 cm³/mol. The Bertz CT molecular complexity index is 882. The smallest absolute Gasteiger partial charge is 0.325 e. The number of phenolic OH excluding ortho intramolecular Hbond substituents is 1. The summed E-state index contributed by atoms with van der Waals surface area (Å²) in [6, 6.07) is 9.82. The van der Waals surface area contributed by atoms with E-state index in [0.717, 1.165) is 16.0 Å². The number of rotatable bonds is 3. The van der Waals surface area contributed by atoms with Crippen LogP contribution in [0.1, 0.15) is 0 Å². The number of aromatic hydroxyl groups is 1. The van der Waals surface area contributed by atoms with Crippen molar-refractivity contribution >= 4 is 54.3 Å². The van der Waals surface area contributed by atoms with Gasteiger partial charge in [-0.25, -0.2) is 9.78 Å². The molecule has 3 N–H and O–H groups in total. The number of carbonyl (C=O) groups excluding carboxylic acids is 1.